The Labute approximate surface area is 110 Å². The molecule has 1 unspecified atom stereocenters. The number of benzene rings is 1. The van der Waals surface area contributed by atoms with Crippen molar-refractivity contribution in [3.8, 4) is 0 Å². The summed E-state index contributed by atoms with van der Waals surface area (Å²) in [6.45, 7) is 2.25. The van der Waals surface area contributed by atoms with Gasteiger partial charge in [0, 0.05) is 16.9 Å². The molecule has 17 heavy (non-hydrogen) atoms. The molecule has 2 N–H and O–H groups in total. The molecule has 1 rings (SSSR count). The average molecular weight is 300 g/mol. The minimum atomic E-state index is -0.143. The topological polar surface area (TPSA) is 52.3 Å². The summed E-state index contributed by atoms with van der Waals surface area (Å²) < 4.78 is 5.90. The quantitative estimate of drug-likeness (QED) is 0.821. The number of rotatable bonds is 6. The second kappa shape index (κ2) is 7.45. The number of esters is 1. The Morgan fingerprint density at radius 1 is 1.41 bits per heavy atom. The number of hydrogen-bond donors (Lipinski definition) is 1. The van der Waals surface area contributed by atoms with Crippen LogP contribution in [0.4, 0.5) is 0 Å². The molecule has 1 aromatic carbocycles. The van der Waals surface area contributed by atoms with Crippen molar-refractivity contribution < 1.29 is 9.53 Å². The SMILES string of the molecule is CCOC(=O)CCCC(N)c1ccc(Br)cc1. The number of carbonyl (C=O) groups excluding carboxylic acids is 1. The Morgan fingerprint density at radius 3 is 2.65 bits per heavy atom. The molecule has 0 radical (unpaired) electrons. The molecule has 0 saturated carbocycles. The first-order valence-corrected chi connectivity index (χ1v) is 6.59. The van der Waals surface area contributed by atoms with Gasteiger partial charge in [0.1, 0.15) is 0 Å². The summed E-state index contributed by atoms with van der Waals surface area (Å²) in [6.07, 6.45) is 1.99. The Morgan fingerprint density at radius 2 is 2.06 bits per heavy atom. The summed E-state index contributed by atoms with van der Waals surface area (Å²) in [5.74, 6) is -0.143. The fourth-order valence-corrected chi connectivity index (χ4v) is 1.84. The van der Waals surface area contributed by atoms with E-state index in [9.17, 15) is 4.79 Å². The summed E-state index contributed by atoms with van der Waals surface area (Å²) in [6, 6.07) is 7.93. The van der Waals surface area contributed by atoms with Gasteiger partial charge in [0.25, 0.3) is 0 Å². The molecule has 0 bridgehead atoms. The van der Waals surface area contributed by atoms with E-state index in [2.05, 4.69) is 15.9 Å². The average Bonchev–Trinajstić information content (AvgIpc) is 2.30. The monoisotopic (exact) mass is 299 g/mol. The van der Waals surface area contributed by atoms with Crippen molar-refractivity contribution in [1.29, 1.82) is 0 Å². The maximum Gasteiger partial charge on any atom is 0.305 e. The lowest BCUT2D eigenvalue weighted by Gasteiger charge is -2.11. The highest BCUT2D eigenvalue weighted by atomic mass is 79.9. The minimum Gasteiger partial charge on any atom is -0.466 e. The van der Waals surface area contributed by atoms with Crippen molar-refractivity contribution in [3.63, 3.8) is 0 Å². The van der Waals surface area contributed by atoms with Gasteiger partial charge in [-0.15, -0.1) is 0 Å². The lowest BCUT2D eigenvalue weighted by molar-refractivity contribution is -0.143. The van der Waals surface area contributed by atoms with E-state index in [1.807, 2.05) is 31.2 Å². The van der Waals surface area contributed by atoms with E-state index in [0.717, 1.165) is 22.9 Å². The van der Waals surface area contributed by atoms with Gasteiger partial charge in [-0.3, -0.25) is 4.79 Å². The first-order chi connectivity index (χ1) is 8.13. The van der Waals surface area contributed by atoms with Gasteiger partial charge in [0.05, 0.1) is 6.61 Å². The minimum absolute atomic E-state index is 0.0162. The van der Waals surface area contributed by atoms with Crippen LogP contribution >= 0.6 is 15.9 Å². The normalized spacial score (nSPS) is 12.2. The van der Waals surface area contributed by atoms with Gasteiger partial charge in [-0.2, -0.15) is 0 Å². The van der Waals surface area contributed by atoms with E-state index in [-0.39, 0.29) is 12.0 Å². The summed E-state index contributed by atoms with van der Waals surface area (Å²) >= 11 is 3.38. The van der Waals surface area contributed by atoms with Crippen LogP contribution in [0.3, 0.4) is 0 Å². The third kappa shape index (κ3) is 5.33. The van der Waals surface area contributed by atoms with Crippen molar-refractivity contribution in [3.05, 3.63) is 34.3 Å². The van der Waals surface area contributed by atoms with Crippen LogP contribution in [-0.4, -0.2) is 12.6 Å². The molecule has 1 atom stereocenters. The highest BCUT2D eigenvalue weighted by Gasteiger charge is 2.07. The molecule has 0 saturated heterocycles. The van der Waals surface area contributed by atoms with Gasteiger partial charge < -0.3 is 10.5 Å². The van der Waals surface area contributed by atoms with E-state index in [4.69, 9.17) is 10.5 Å². The van der Waals surface area contributed by atoms with Crippen LogP contribution in [0.1, 0.15) is 37.8 Å². The van der Waals surface area contributed by atoms with Crippen LogP contribution in [0.5, 0.6) is 0 Å². The van der Waals surface area contributed by atoms with Crippen molar-refractivity contribution in [2.75, 3.05) is 6.61 Å². The lowest BCUT2D eigenvalue weighted by atomic mass is 10.0. The summed E-state index contributed by atoms with van der Waals surface area (Å²) in [7, 11) is 0. The third-order valence-corrected chi connectivity index (χ3v) is 3.03. The fraction of sp³-hybridized carbons (Fsp3) is 0.462. The number of carbonyl (C=O) groups is 1. The van der Waals surface area contributed by atoms with Gasteiger partial charge in [-0.05, 0) is 37.5 Å². The Hall–Kier alpha value is -0.870. The van der Waals surface area contributed by atoms with Crippen LogP contribution in [-0.2, 0) is 9.53 Å². The first kappa shape index (κ1) is 14.2. The molecule has 3 nitrogen and oxygen atoms in total. The van der Waals surface area contributed by atoms with Gasteiger partial charge in [0.15, 0.2) is 0 Å². The molecule has 0 aliphatic carbocycles. The number of hydrogen-bond acceptors (Lipinski definition) is 3. The van der Waals surface area contributed by atoms with E-state index in [1.54, 1.807) is 0 Å². The van der Waals surface area contributed by atoms with E-state index < -0.39 is 0 Å². The van der Waals surface area contributed by atoms with Crippen LogP contribution in [0.15, 0.2) is 28.7 Å². The van der Waals surface area contributed by atoms with Gasteiger partial charge in [0.2, 0.25) is 0 Å². The van der Waals surface area contributed by atoms with Crippen LogP contribution in [0, 0.1) is 0 Å². The smallest absolute Gasteiger partial charge is 0.305 e. The number of nitrogens with two attached hydrogens (primary N) is 1. The van der Waals surface area contributed by atoms with Crippen LogP contribution in [0.2, 0.25) is 0 Å². The summed E-state index contributed by atoms with van der Waals surface area (Å²) in [4.78, 5) is 11.1. The molecular formula is C13H18BrNO2. The first-order valence-electron chi connectivity index (χ1n) is 5.80. The van der Waals surface area contributed by atoms with Crippen LogP contribution < -0.4 is 5.73 Å². The number of ether oxygens (including phenoxy) is 1. The third-order valence-electron chi connectivity index (χ3n) is 2.50. The predicted molar refractivity (Wildman–Crippen MR) is 71.6 cm³/mol. The molecular weight excluding hydrogens is 282 g/mol. The van der Waals surface area contributed by atoms with Crippen molar-refractivity contribution in [2.24, 2.45) is 5.73 Å². The predicted octanol–water partition coefficient (Wildman–Crippen LogP) is 3.18. The summed E-state index contributed by atoms with van der Waals surface area (Å²) in [5.41, 5.74) is 7.13. The maximum atomic E-state index is 11.1. The van der Waals surface area contributed by atoms with Crippen molar-refractivity contribution in [1.82, 2.24) is 0 Å². The largest absolute Gasteiger partial charge is 0.466 e. The molecule has 0 heterocycles. The fourth-order valence-electron chi connectivity index (χ4n) is 1.58. The Kier molecular flexibility index (Phi) is 6.22. The van der Waals surface area contributed by atoms with Gasteiger partial charge >= 0.3 is 5.97 Å². The molecule has 94 valence electrons. The standard InChI is InChI=1S/C13H18BrNO2/c1-2-17-13(16)5-3-4-12(15)10-6-8-11(14)9-7-10/h6-9,12H,2-5,15H2,1H3. The zero-order chi connectivity index (χ0) is 12.7. The zero-order valence-corrected chi connectivity index (χ0v) is 11.6. The Bertz CT molecular complexity index is 351. The second-order valence-electron chi connectivity index (χ2n) is 3.86. The van der Waals surface area contributed by atoms with Gasteiger partial charge in [-0.25, -0.2) is 0 Å². The zero-order valence-electron chi connectivity index (χ0n) is 9.99. The maximum absolute atomic E-state index is 11.1. The molecule has 4 heteroatoms. The highest BCUT2D eigenvalue weighted by Crippen LogP contribution is 2.19. The molecule has 0 amide bonds. The summed E-state index contributed by atoms with van der Waals surface area (Å²) in [5, 5.41) is 0. The number of halogens is 1. The molecule has 0 aliphatic rings. The molecule has 0 aliphatic heterocycles. The van der Waals surface area contributed by atoms with E-state index >= 15 is 0 Å². The van der Waals surface area contributed by atoms with E-state index in [1.165, 1.54) is 0 Å². The molecule has 0 aromatic heterocycles. The Balaban J connectivity index is 2.32. The van der Waals surface area contributed by atoms with Crippen LogP contribution in [0.25, 0.3) is 0 Å². The second-order valence-corrected chi connectivity index (χ2v) is 4.77. The molecule has 0 fully saturated rings. The molecule has 0 spiro atoms. The lowest BCUT2D eigenvalue weighted by Crippen LogP contribution is -2.11. The molecule has 1 aromatic rings. The van der Waals surface area contributed by atoms with Crippen molar-refractivity contribution >= 4 is 21.9 Å². The van der Waals surface area contributed by atoms with Gasteiger partial charge in [-0.1, -0.05) is 28.1 Å². The van der Waals surface area contributed by atoms with E-state index in [0.29, 0.717) is 13.0 Å². The van der Waals surface area contributed by atoms with Crippen molar-refractivity contribution in [2.45, 2.75) is 32.2 Å². The highest BCUT2D eigenvalue weighted by molar-refractivity contribution is 9.10.